The average Bonchev–Trinajstić information content (AvgIpc) is 2.67. The Kier molecular flexibility index (Phi) is 3.71. The minimum atomic E-state index is -0.122. The van der Waals surface area contributed by atoms with Gasteiger partial charge in [0.25, 0.3) is 0 Å². The van der Waals surface area contributed by atoms with Gasteiger partial charge >= 0.3 is 0 Å². The summed E-state index contributed by atoms with van der Waals surface area (Å²) in [4.78, 5) is 0. The average molecular weight is 309 g/mol. The largest absolute Gasteiger partial charge is 0.241 e. The van der Waals surface area contributed by atoms with Gasteiger partial charge in [-0.25, -0.2) is 9.58 Å². The minimum absolute atomic E-state index is 0.0170. The van der Waals surface area contributed by atoms with Crippen molar-refractivity contribution < 1.29 is 4.57 Å². The van der Waals surface area contributed by atoms with Crippen molar-refractivity contribution in [2.75, 3.05) is 5.01 Å². The number of anilines is 1. The van der Waals surface area contributed by atoms with Crippen LogP contribution in [-0.2, 0) is 19.0 Å². The van der Waals surface area contributed by atoms with Crippen LogP contribution in [0.1, 0.15) is 38.8 Å². The van der Waals surface area contributed by atoms with E-state index in [1.807, 2.05) is 24.0 Å². The highest BCUT2D eigenvalue weighted by atomic mass is 15.6. The van der Waals surface area contributed by atoms with E-state index in [9.17, 15) is 0 Å². The molecule has 0 N–H and O–H groups in total. The molecule has 0 fully saturated rings. The highest BCUT2D eigenvalue weighted by Crippen LogP contribution is 2.51. The third-order valence-corrected chi connectivity index (χ3v) is 5.32. The zero-order valence-electron chi connectivity index (χ0n) is 14.6. The van der Waals surface area contributed by atoms with Gasteiger partial charge in [-0.2, -0.15) is 5.11 Å². The molecule has 0 amide bonds. The molecule has 1 aromatic carbocycles. The summed E-state index contributed by atoms with van der Waals surface area (Å²) in [6, 6.07) is 12.6. The molecule has 4 nitrogen and oxygen atoms in total. The normalized spacial score (nSPS) is 18.4. The van der Waals surface area contributed by atoms with E-state index in [1.165, 1.54) is 5.56 Å². The summed E-state index contributed by atoms with van der Waals surface area (Å²) in [6.07, 6.45) is 4.06. The van der Waals surface area contributed by atoms with E-state index in [2.05, 4.69) is 79.4 Å². The van der Waals surface area contributed by atoms with Gasteiger partial charge in [-0.1, -0.05) is 37.3 Å². The maximum absolute atomic E-state index is 4.58. The van der Waals surface area contributed by atoms with Crippen molar-refractivity contribution in [3.63, 3.8) is 0 Å². The summed E-state index contributed by atoms with van der Waals surface area (Å²) in [6.45, 7) is 9.61. The van der Waals surface area contributed by atoms with Crippen LogP contribution in [0.5, 0.6) is 0 Å². The molecule has 0 atom stereocenters. The second-order valence-corrected chi connectivity index (χ2v) is 7.27. The summed E-state index contributed by atoms with van der Waals surface area (Å²) in [5, 5.41) is 11.1. The molecule has 1 aromatic heterocycles. The summed E-state index contributed by atoms with van der Waals surface area (Å²) >= 11 is 0. The third kappa shape index (κ3) is 2.52. The predicted molar refractivity (Wildman–Crippen MR) is 92.2 cm³/mol. The molecule has 0 bridgehead atoms. The fraction of sp³-hybridized carbons (Fsp3) is 0.421. The summed E-state index contributed by atoms with van der Waals surface area (Å²) in [5.74, 6) is 0. The molecular formula is C19H25N4+. The molecule has 0 spiro atoms. The maximum atomic E-state index is 4.58. The van der Waals surface area contributed by atoms with Crippen LogP contribution in [0.4, 0.5) is 5.69 Å². The lowest BCUT2D eigenvalue weighted by Crippen LogP contribution is -2.48. The Balaban J connectivity index is 1.87. The molecule has 0 aliphatic carbocycles. The van der Waals surface area contributed by atoms with E-state index >= 15 is 0 Å². The van der Waals surface area contributed by atoms with Crippen LogP contribution in [0, 0.1) is 0 Å². The van der Waals surface area contributed by atoms with Crippen molar-refractivity contribution in [1.29, 1.82) is 0 Å². The van der Waals surface area contributed by atoms with Crippen molar-refractivity contribution in [2.45, 2.75) is 45.2 Å². The number of benzene rings is 1. The number of hydrogen-bond acceptors (Lipinski definition) is 2. The lowest BCUT2D eigenvalue weighted by molar-refractivity contribution is -0.671. The highest BCUT2D eigenvalue weighted by Gasteiger charge is 2.51. The Hall–Kier alpha value is -2.23. The molecule has 120 valence electrons. The van der Waals surface area contributed by atoms with Gasteiger partial charge in [0.2, 0.25) is 0 Å². The van der Waals surface area contributed by atoms with Crippen LogP contribution >= 0.6 is 0 Å². The first-order chi connectivity index (χ1) is 10.8. The number of aryl methyl sites for hydroxylation is 1. The first-order valence-corrected chi connectivity index (χ1v) is 8.05. The molecule has 0 saturated carbocycles. The molecule has 4 heteroatoms. The molecule has 0 unspecified atom stereocenters. The van der Waals surface area contributed by atoms with Gasteiger partial charge in [-0.3, -0.25) is 0 Å². The van der Waals surface area contributed by atoms with Crippen molar-refractivity contribution in [3.05, 3.63) is 59.9 Å². The van der Waals surface area contributed by atoms with Gasteiger partial charge in [0.05, 0.1) is 17.8 Å². The van der Waals surface area contributed by atoms with E-state index in [0.717, 1.165) is 11.3 Å². The summed E-state index contributed by atoms with van der Waals surface area (Å²) in [7, 11) is 2.01. The van der Waals surface area contributed by atoms with Gasteiger partial charge in [-0.05, 0) is 31.0 Å². The standard InChI is InChI=1S/C19H25N4/c1-18(2)16-8-6-7-9-17(16)23(19(18,3)4)21-20-14-15-10-12-22(5)13-11-15/h6-13H,14H2,1-5H3/q+1. The van der Waals surface area contributed by atoms with E-state index in [4.69, 9.17) is 0 Å². The van der Waals surface area contributed by atoms with Crippen molar-refractivity contribution in [1.82, 2.24) is 0 Å². The quantitative estimate of drug-likeness (QED) is 0.624. The molecule has 1 aliphatic heterocycles. The first kappa shape index (κ1) is 15.7. The van der Waals surface area contributed by atoms with Crippen LogP contribution in [0.15, 0.2) is 59.1 Å². The Bertz CT molecular complexity index is 729. The predicted octanol–water partition coefficient (Wildman–Crippen LogP) is 3.95. The fourth-order valence-corrected chi connectivity index (χ4v) is 3.06. The number of aromatic nitrogens is 1. The SMILES string of the molecule is C[n+]1ccc(CN=NN2c3ccccc3C(C)(C)C2(C)C)cc1. The van der Waals surface area contributed by atoms with Crippen LogP contribution in [0.3, 0.4) is 0 Å². The Labute approximate surface area is 138 Å². The number of fused-ring (bicyclic) bond motifs is 1. The van der Waals surface area contributed by atoms with Crippen molar-refractivity contribution in [3.8, 4) is 0 Å². The summed E-state index contributed by atoms with van der Waals surface area (Å²) < 4.78 is 2.02. The van der Waals surface area contributed by atoms with Gasteiger partial charge < -0.3 is 0 Å². The van der Waals surface area contributed by atoms with Gasteiger partial charge in [0.1, 0.15) is 7.05 Å². The van der Waals surface area contributed by atoms with Gasteiger partial charge in [0.15, 0.2) is 12.4 Å². The lowest BCUT2D eigenvalue weighted by atomic mass is 9.73. The van der Waals surface area contributed by atoms with Crippen LogP contribution in [-0.4, -0.2) is 5.54 Å². The molecule has 2 aromatic rings. The molecule has 0 saturated heterocycles. The third-order valence-electron chi connectivity index (χ3n) is 5.32. The van der Waals surface area contributed by atoms with Crippen LogP contribution in [0.25, 0.3) is 0 Å². The number of rotatable bonds is 3. The number of para-hydroxylation sites is 1. The molecule has 3 rings (SSSR count). The van der Waals surface area contributed by atoms with Crippen molar-refractivity contribution in [2.24, 2.45) is 17.4 Å². The maximum Gasteiger partial charge on any atom is 0.168 e. The van der Waals surface area contributed by atoms with Gasteiger partial charge in [0, 0.05) is 17.5 Å². The monoisotopic (exact) mass is 309 g/mol. The molecule has 1 aliphatic rings. The topological polar surface area (TPSA) is 31.8 Å². The molecule has 0 radical (unpaired) electrons. The zero-order valence-corrected chi connectivity index (χ0v) is 14.6. The molecule has 2 heterocycles. The van der Waals surface area contributed by atoms with Crippen LogP contribution < -0.4 is 9.58 Å². The number of hydrogen-bond donors (Lipinski definition) is 0. The zero-order chi connectivity index (χ0) is 16.7. The first-order valence-electron chi connectivity index (χ1n) is 8.05. The van der Waals surface area contributed by atoms with E-state index < -0.39 is 0 Å². The van der Waals surface area contributed by atoms with E-state index in [-0.39, 0.29) is 11.0 Å². The minimum Gasteiger partial charge on any atom is -0.241 e. The van der Waals surface area contributed by atoms with E-state index in [1.54, 1.807) is 0 Å². The van der Waals surface area contributed by atoms with Crippen molar-refractivity contribution >= 4 is 5.69 Å². The van der Waals surface area contributed by atoms with Crippen LogP contribution in [0.2, 0.25) is 0 Å². The second-order valence-electron chi connectivity index (χ2n) is 7.27. The summed E-state index contributed by atoms with van der Waals surface area (Å²) in [5.41, 5.74) is 3.55. The smallest absolute Gasteiger partial charge is 0.168 e. The Morgan fingerprint density at radius 3 is 2.35 bits per heavy atom. The van der Waals surface area contributed by atoms with Gasteiger partial charge in [-0.15, -0.1) is 0 Å². The Morgan fingerprint density at radius 1 is 1.00 bits per heavy atom. The molecule has 23 heavy (non-hydrogen) atoms. The highest BCUT2D eigenvalue weighted by molar-refractivity contribution is 5.65. The molecular weight excluding hydrogens is 284 g/mol. The lowest BCUT2D eigenvalue weighted by Gasteiger charge is -2.38. The second kappa shape index (κ2) is 5.44. The number of nitrogens with zero attached hydrogens (tertiary/aromatic N) is 4. The van der Waals surface area contributed by atoms with E-state index in [0.29, 0.717) is 6.54 Å². The number of pyridine rings is 1. The Morgan fingerprint density at radius 2 is 1.65 bits per heavy atom. The fourth-order valence-electron chi connectivity index (χ4n) is 3.06.